The number of pyridine rings is 1. The molecule has 5 heteroatoms. The van der Waals surface area contributed by atoms with Crippen molar-refractivity contribution in [2.75, 3.05) is 19.6 Å². The summed E-state index contributed by atoms with van der Waals surface area (Å²) >= 11 is 0. The molecule has 1 heterocycles. The quantitative estimate of drug-likeness (QED) is 0.577. The van der Waals surface area contributed by atoms with E-state index in [1.165, 1.54) is 0 Å². The molecule has 0 spiro atoms. The van der Waals surface area contributed by atoms with Crippen LogP contribution in [0.4, 0.5) is 5.82 Å². The molecule has 5 nitrogen and oxygen atoms in total. The second-order valence-electron chi connectivity index (χ2n) is 4.87. The summed E-state index contributed by atoms with van der Waals surface area (Å²) in [6.45, 7) is 0. The summed E-state index contributed by atoms with van der Waals surface area (Å²) in [5, 5.41) is 5.32. The van der Waals surface area contributed by atoms with Crippen molar-refractivity contribution < 1.29 is 9.47 Å². The van der Waals surface area contributed by atoms with E-state index < -0.39 is 0 Å². The fourth-order valence-corrected chi connectivity index (χ4v) is 2.22. The minimum Gasteiger partial charge on any atom is -0.497 e. The third-order valence-electron chi connectivity index (χ3n) is 3.42. The van der Waals surface area contributed by atoms with Gasteiger partial charge in [-0.3, -0.25) is 5.43 Å². The Labute approximate surface area is 134 Å². The SMILES string of the molecule is COc1ccc(/C=N/Nc2ccc3ccccc3n2)c(OC)c1. The number of fused-ring (bicyclic) bond motifs is 1. The van der Waals surface area contributed by atoms with Crippen molar-refractivity contribution in [2.45, 2.75) is 0 Å². The van der Waals surface area contributed by atoms with E-state index >= 15 is 0 Å². The molecule has 1 aromatic heterocycles. The number of benzene rings is 2. The van der Waals surface area contributed by atoms with Gasteiger partial charge in [0.05, 0.1) is 26.0 Å². The number of rotatable bonds is 5. The number of para-hydroxylation sites is 1. The van der Waals surface area contributed by atoms with Crippen LogP contribution >= 0.6 is 0 Å². The Morgan fingerprint density at radius 3 is 2.70 bits per heavy atom. The monoisotopic (exact) mass is 307 g/mol. The van der Waals surface area contributed by atoms with E-state index in [4.69, 9.17) is 9.47 Å². The summed E-state index contributed by atoms with van der Waals surface area (Å²) in [7, 11) is 3.24. The lowest BCUT2D eigenvalue weighted by molar-refractivity contribution is 0.394. The van der Waals surface area contributed by atoms with Gasteiger partial charge in [0.25, 0.3) is 0 Å². The molecule has 0 amide bonds. The highest BCUT2D eigenvalue weighted by molar-refractivity contribution is 5.85. The van der Waals surface area contributed by atoms with Gasteiger partial charge in [0.1, 0.15) is 17.3 Å². The first kappa shape index (κ1) is 14.8. The van der Waals surface area contributed by atoms with E-state index in [2.05, 4.69) is 15.5 Å². The summed E-state index contributed by atoms with van der Waals surface area (Å²) < 4.78 is 10.5. The molecule has 23 heavy (non-hydrogen) atoms. The summed E-state index contributed by atoms with van der Waals surface area (Å²) in [4.78, 5) is 4.50. The molecule has 0 aliphatic carbocycles. The number of hydrazone groups is 1. The van der Waals surface area contributed by atoms with E-state index in [-0.39, 0.29) is 0 Å². The van der Waals surface area contributed by atoms with E-state index in [1.54, 1.807) is 20.4 Å². The van der Waals surface area contributed by atoms with Crippen molar-refractivity contribution in [3.05, 3.63) is 60.2 Å². The zero-order valence-electron chi connectivity index (χ0n) is 13.0. The fraction of sp³-hybridized carbons (Fsp3) is 0.111. The number of hydrogen-bond donors (Lipinski definition) is 1. The Morgan fingerprint density at radius 2 is 1.87 bits per heavy atom. The smallest absolute Gasteiger partial charge is 0.146 e. The molecule has 0 saturated carbocycles. The van der Waals surface area contributed by atoms with Crippen molar-refractivity contribution in [1.29, 1.82) is 0 Å². The van der Waals surface area contributed by atoms with E-state index in [9.17, 15) is 0 Å². The van der Waals surface area contributed by atoms with E-state index in [1.807, 2.05) is 54.6 Å². The van der Waals surface area contributed by atoms with Gasteiger partial charge in [0.2, 0.25) is 0 Å². The molecule has 0 atom stereocenters. The van der Waals surface area contributed by atoms with Crippen molar-refractivity contribution in [1.82, 2.24) is 4.98 Å². The first-order valence-corrected chi connectivity index (χ1v) is 7.17. The number of aromatic nitrogens is 1. The highest BCUT2D eigenvalue weighted by Gasteiger charge is 2.02. The minimum absolute atomic E-state index is 0.687. The highest BCUT2D eigenvalue weighted by Crippen LogP contribution is 2.23. The van der Waals surface area contributed by atoms with E-state index in [0.717, 1.165) is 22.2 Å². The second-order valence-corrected chi connectivity index (χ2v) is 4.87. The van der Waals surface area contributed by atoms with Gasteiger partial charge in [0.15, 0.2) is 0 Å². The molecule has 1 N–H and O–H groups in total. The second kappa shape index (κ2) is 6.79. The maximum absolute atomic E-state index is 5.33. The van der Waals surface area contributed by atoms with Crippen LogP contribution in [0.5, 0.6) is 11.5 Å². The predicted octanol–water partition coefficient (Wildman–Crippen LogP) is 3.70. The maximum Gasteiger partial charge on any atom is 0.146 e. The fourth-order valence-electron chi connectivity index (χ4n) is 2.22. The van der Waals surface area contributed by atoms with Gasteiger partial charge < -0.3 is 9.47 Å². The van der Waals surface area contributed by atoms with Crippen LogP contribution in [0.15, 0.2) is 59.7 Å². The van der Waals surface area contributed by atoms with Gasteiger partial charge in [-0.2, -0.15) is 5.10 Å². The average Bonchev–Trinajstić information content (AvgIpc) is 2.61. The lowest BCUT2D eigenvalue weighted by atomic mass is 10.2. The van der Waals surface area contributed by atoms with Crippen molar-refractivity contribution >= 4 is 22.9 Å². The molecular formula is C18H17N3O2. The number of nitrogens with zero attached hydrogens (tertiary/aromatic N) is 2. The van der Waals surface area contributed by atoms with Crippen molar-refractivity contribution in [3.63, 3.8) is 0 Å². The number of nitrogens with one attached hydrogen (secondary N) is 1. The minimum atomic E-state index is 0.687. The number of anilines is 1. The first-order chi connectivity index (χ1) is 11.3. The standard InChI is InChI=1S/C18H17N3O2/c1-22-15-9-7-14(17(11-15)23-2)12-19-21-18-10-8-13-5-3-4-6-16(13)20-18/h3-12H,1-2H3,(H,20,21)/b19-12+. The topological polar surface area (TPSA) is 55.7 Å². The van der Waals surface area contributed by atoms with Crippen LogP contribution < -0.4 is 14.9 Å². The normalized spacial score (nSPS) is 10.9. The third kappa shape index (κ3) is 3.40. The van der Waals surface area contributed by atoms with Gasteiger partial charge in [-0.15, -0.1) is 0 Å². The van der Waals surface area contributed by atoms with Crippen LogP contribution in [-0.4, -0.2) is 25.4 Å². The molecule has 3 rings (SSSR count). The van der Waals surface area contributed by atoms with Gasteiger partial charge >= 0.3 is 0 Å². The molecular weight excluding hydrogens is 290 g/mol. The van der Waals surface area contributed by atoms with Crippen LogP contribution in [-0.2, 0) is 0 Å². The Balaban J connectivity index is 1.77. The molecule has 0 saturated heterocycles. The Bertz CT molecular complexity index is 847. The first-order valence-electron chi connectivity index (χ1n) is 7.17. The summed E-state index contributed by atoms with van der Waals surface area (Å²) in [6.07, 6.45) is 1.69. The zero-order valence-corrected chi connectivity index (χ0v) is 13.0. The molecule has 0 unspecified atom stereocenters. The van der Waals surface area contributed by atoms with Gasteiger partial charge in [0, 0.05) is 17.0 Å². The molecule has 0 aliphatic heterocycles. The zero-order chi connectivity index (χ0) is 16.1. The van der Waals surface area contributed by atoms with E-state index in [0.29, 0.717) is 11.6 Å². The number of ether oxygens (including phenoxy) is 2. The van der Waals surface area contributed by atoms with Crippen LogP contribution in [0.1, 0.15) is 5.56 Å². The van der Waals surface area contributed by atoms with Crippen LogP contribution in [0.2, 0.25) is 0 Å². The van der Waals surface area contributed by atoms with Gasteiger partial charge in [-0.1, -0.05) is 18.2 Å². The molecule has 3 aromatic rings. The van der Waals surface area contributed by atoms with Crippen LogP contribution in [0.3, 0.4) is 0 Å². The van der Waals surface area contributed by atoms with Crippen molar-refractivity contribution in [3.8, 4) is 11.5 Å². The lowest BCUT2D eigenvalue weighted by Crippen LogP contribution is -1.96. The summed E-state index contributed by atoms with van der Waals surface area (Å²) in [6, 6.07) is 17.4. The maximum atomic E-state index is 5.33. The number of hydrogen-bond acceptors (Lipinski definition) is 5. The predicted molar refractivity (Wildman–Crippen MR) is 92.5 cm³/mol. The molecule has 0 radical (unpaired) electrons. The summed E-state index contributed by atoms with van der Waals surface area (Å²) in [5.41, 5.74) is 4.71. The Morgan fingerprint density at radius 1 is 1.00 bits per heavy atom. The molecule has 0 fully saturated rings. The lowest BCUT2D eigenvalue weighted by Gasteiger charge is -2.07. The molecule has 116 valence electrons. The molecule has 2 aromatic carbocycles. The third-order valence-corrected chi connectivity index (χ3v) is 3.42. The average molecular weight is 307 g/mol. The number of methoxy groups -OCH3 is 2. The van der Waals surface area contributed by atoms with Gasteiger partial charge in [-0.25, -0.2) is 4.98 Å². The van der Waals surface area contributed by atoms with Crippen molar-refractivity contribution in [2.24, 2.45) is 5.10 Å². The highest BCUT2D eigenvalue weighted by atomic mass is 16.5. The Kier molecular flexibility index (Phi) is 4.38. The van der Waals surface area contributed by atoms with Crippen LogP contribution in [0.25, 0.3) is 10.9 Å². The molecule has 0 aliphatic rings. The van der Waals surface area contributed by atoms with Gasteiger partial charge in [-0.05, 0) is 30.3 Å². The molecule has 0 bridgehead atoms. The largest absolute Gasteiger partial charge is 0.497 e. The Hall–Kier alpha value is -3.08. The summed E-state index contributed by atoms with van der Waals surface area (Å²) in [5.74, 6) is 2.12. The van der Waals surface area contributed by atoms with Crippen LogP contribution in [0, 0.1) is 0 Å².